The van der Waals surface area contributed by atoms with Crippen LogP contribution in [-0.2, 0) is 0 Å². The van der Waals surface area contributed by atoms with E-state index in [1.165, 1.54) is 18.3 Å². The van der Waals surface area contributed by atoms with Gasteiger partial charge in [-0.15, -0.1) is 0 Å². The number of hydrogen-bond donors (Lipinski definition) is 2. The van der Waals surface area contributed by atoms with E-state index in [1.807, 2.05) is 30.3 Å². The van der Waals surface area contributed by atoms with Crippen LogP contribution < -0.4 is 10.2 Å². The van der Waals surface area contributed by atoms with Gasteiger partial charge in [0.25, 0.3) is 5.91 Å². The number of carbonyl (C=O) groups is 1. The molecule has 5 nitrogen and oxygen atoms in total. The largest absolute Gasteiger partial charge is 0.507 e. The predicted octanol–water partition coefficient (Wildman–Crippen LogP) is 2.58. The summed E-state index contributed by atoms with van der Waals surface area (Å²) >= 11 is 0. The van der Waals surface area contributed by atoms with Gasteiger partial charge in [0.05, 0.1) is 11.8 Å². The number of aromatic hydroxyl groups is 1. The van der Waals surface area contributed by atoms with E-state index < -0.39 is 5.91 Å². The molecular formula is C17H14N2O3. The molecule has 1 amide bonds. The number of ether oxygens (including phenoxy) is 1. The number of phenolic OH excluding ortho intramolecular Hbond substituents is 1. The topological polar surface area (TPSA) is 70.9 Å². The summed E-state index contributed by atoms with van der Waals surface area (Å²) in [5, 5.41) is 13.5. The second-order valence-electron chi connectivity index (χ2n) is 4.76. The van der Waals surface area contributed by atoms with Gasteiger partial charge in [-0.25, -0.2) is 5.43 Å². The molecule has 0 bridgehead atoms. The Kier molecular flexibility index (Phi) is 3.87. The summed E-state index contributed by atoms with van der Waals surface area (Å²) in [4.78, 5) is 11.9. The highest BCUT2D eigenvalue weighted by Gasteiger charge is 2.10. The quantitative estimate of drug-likeness (QED) is 0.675. The third kappa shape index (κ3) is 2.98. The zero-order chi connectivity index (χ0) is 15.4. The van der Waals surface area contributed by atoms with Gasteiger partial charge in [-0.3, -0.25) is 4.79 Å². The Hall–Kier alpha value is -3.08. The van der Waals surface area contributed by atoms with Crippen LogP contribution in [0.5, 0.6) is 11.5 Å². The number of hydrogen-bond acceptors (Lipinski definition) is 4. The summed E-state index contributed by atoms with van der Waals surface area (Å²) in [5.74, 6) is 0.286. The summed E-state index contributed by atoms with van der Waals surface area (Å²) < 4.78 is 5.59. The lowest BCUT2D eigenvalue weighted by Gasteiger charge is -2.15. The smallest absolute Gasteiger partial charge is 0.275 e. The SMILES string of the molecule is O=C(N/N=C/C1=Cc2ccccc2OC1)c1ccccc1O. The number of nitrogens with one attached hydrogen (secondary N) is 1. The van der Waals surface area contributed by atoms with E-state index in [2.05, 4.69) is 10.5 Å². The van der Waals surface area contributed by atoms with Gasteiger partial charge >= 0.3 is 0 Å². The first-order chi connectivity index (χ1) is 10.7. The number of nitrogens with zero attached hydrogens (tertiary/aromatic N) is 1. The summed E-state index contributed by atoms with van der Waals surface area (Å²) in [6, 6.07) is 14.0. The van der Waals surface area contributed by atoms with Gasteiger partial charge < -0.3 is 9.84 Å². The highest BCUT2D eigenvalue weighted by Crippen LogP contribution is 2.24. The highest BCUT2D eigenvalue weighted by molar-refractivity contribution is 5.97. The molecule has 0 fully saturated rings. The van der Waals surface area contributed by atoms with E-state index >= 15 is 0 Å². The average Bonchev–Trinajstić information content (AvgIpc) is 2.55. The fraction of sp³-hybridized carbons (Fsp3) is 0.0588. The van der Waals surface area contributed by atoms with Gasteiger partial charge in [-0.2, -0.15) is 5.10 Å². The normalized spacial score (nSPS) is 13.2. The summed E-state index contributed by atoms with van der Waals surface area (Å²) in [6.45, 7) is 0.396. The number of benzene rings is 2. The lowest BCUT2D eigenvalue weighted by atomic mass is 10.1. The molecule has 0 saturated carbocycles. The second kappa shape index (κ2) is 6.13. The third-order valence-corrected chi connectivity index (χ3v) is 3.20. The van der Waals surface area contributed by atoms with Crippen LogP contribution in [-0.4, -0.2) is 23.8 Å². The molecule has 0 unspecified atom stereocenters. The molecule has 22 heavy (non-hydrogen) atoms. The number of amides is 1. The van der Waals surface area contributed by atoms with Crippen molar-refractivity contribution in [2.24, 2.45) is 5.10 Å². The third-order valence-electron chi connectivity index (χ3n) is 3.20. The molecule has 2 N–H and O–H groups in total. The molecule has 0 saturated heterocycles. The Labute approximate surface area is 127 Å². The van der Waals surface area contributed by atoms with Crippen LogP contribution in [0.4, 0.5) is 0 Å². The zero-order valence-electron chi connectivity index (χ0n) is 11.7. The minimum absolute atomic E-state index is 0.0793. The Morgan fingerprint density at radius 2 is 1.95 bits per heavy atom. The maximum Gasteiger partial charge on any atom is 0.275 e. The standard InChI is InChI=1S/C17H14N2O3/c20-15-7-3-2-6-14(15)17(21)19-18-10-12-9-13-5-1-4-8-16(13)22-11-12/h1-10,20H,11H2,(H,19,21)/b18-10+. The molecule has 0 atom stereocenters. The van der Waals surface area contributed by atoms with Crippen LogP contribution >= 0.6 is 0 Å². The molecule has 110 valence electrons. The Morgan fingerprint density at radius 3 is 2.82 bits per heavy atom. The van der Waals surface area contributed by atoms with Crippen LogP contribution in [0.3, 0.4) is 0 Å². The van der Waals surface area contributed by atoms with Gasteiger partial charge in [0, 0.05) is 11.1 Å². The van der Waals surface area contributed by atoms with Crippen molar-refractivity contribution in [3.63, 3.8) is 0 Å². The van der Waals surface area contributed by atoms with Crippen molar-refractivity contribution >= 4 is 18.2 Å². The molecule has 1 aliphatic rings. The number of fused-ring (bicyclic) bond motifs is 1. The Balaban J connectivity index is 1.67. The molecule has 3 rings (SSSR count). The van der Waals surface area contributed by atoms with E-state index in [4.69, 9.17) is 4.74 Å². The van der Waals surface area contributed by atoms with Crippen molar-refractivity contribution in [2.45, 2.75) is 0 Å². The van der Waals surface area contributed by atoms with Crippen molar-refractivity contribution in [3.8, 4) is 11.5 Å². The van der Waals surface area contributed by atoms with Crippen LogP contribution in [0, 0.1) is 0 Å². The van der Waals surface area contributed by atoms with Crippen molar-refractivity contribution in [3.05, 3.63) is 65.2 Å². The van der Waals surface area contributed by atoms with E-state index in [-0.39, 0.29) is 11.3 Å². The van der Waals surface area contributed by atoms with Gasteiger partial charge in [-0.1, -0.05) is 30.3 Å². The second-order valence-corrected chi connectivity index (χ2v) is 4.76. The van der Waals surface area contributed by atoms with Crippen LogP contribution in [0.2, 0.25) is 0 Å². The molecule has 0 spiro atoms. The van der Waals surface area contributed by atoms with Gasteiger partial charge in [-0.05, 0) is 24.3 Å². The lowest BCUT2D eigenvalue weighted by molar-refractivity contribution is 0.0952. The van der Waals surface area contributed by atoms with E-state index in [0.29, 0.717) is 6.61 Å². The molecule has 0 aromatic heterocycles. The van der Waals surface area contributed by atoms with Crippen LogP contribution in [0.25, 0.3) is 6.08 Å². The average molecular weight is 294 g/mol. The van der Waals surface area contributed by atoms with Crippen LogP contribution in [0.15, 0.2) is 59.2 Å². The maximum atomic E-state index is 11.9. The number of carbonyl (C=O) groups excluding carboxylic acids is 1. The molecular weight excluding hydrogens is 280 g/mol. The number of para-hydroxylation sites is 2. The van der Waals surface area contributed by atoms with Gasteiger partial charge in [0.1, 0.15) is 18.1 Å². The zero-order valence-corrected chi connectivity index (χ0v) is 11.7. The minimum atomic E-state index is -0.466. The number of hydrazone groups is 1. The molecule has 1 aliphatic heterocycles. The Bertz CT molecular complexity index is 766. The lowest BCUT2D eigenvalue weighted by Crippen LogP contribution is -2.18. The van der Waals surface area contributed by atoms with Gasteiger partial charge in [0.2, 0.25) is 0 Å². The minimum Gasteiger partial charge on any atom is -0.507 e. The molecule has 0 aliphatic carbocycles. The van der Waals surface area contributed by atoms with Crippen LogP contribution in [0.1, 0.15) is 15.9 Å². The predicted molar refractivity (Wildman–Crippen MR) is 84.0 cm³/mol. The molecule has 1 heterocycles. The van der Waals surface area contributed by atoms with Crippen molar-refractivity contribution in [1.82, 2.24) is 5.43 Å². The summed E-state index contributed by atoms with van der Waals surface area (Å²) in [7, 11) is 0. The molecule has 0 radical (unpaired) electrons. The van der Waals surface area contributed by atoms with Crippen molar-refractivity contribution in [1.29, 1.82) is 0 Å². The van der Waals surface area contributed by atoms with E-state index in [1.54, 1.807) is 12.1 Å². The summed E-state index contributed by atoms with van der Waals surface area (Å²) in [5.41, 5.74) is 4.38. The monoisotopic (exact) mass is 294 g/mol. The van der Waals surface area contributed by atoms with Crippen molar-refractivity contribution < 1.29 is 14.6 Å². The number of rotatable bonds is 3. The molecule has 2 aromatic rings. The van der Waals surface area contributed by atoms with Crippen molar-refractivity contribution in [2.75, 3.05) is 6.61 Å². The maximum absolute atomic E-state index is 11.9. The van der Waals surface area contributed by atoms with Gasteiger partial charge in [0.15, 0.2) is 0 Å². The van der Waals surface area contributed by atoms with E-state index in [9.17, 15) is 9.90 Å². The molecule has 2 aromatic carbocycles. The first-order valence-corrected chi connectivity index (χ1v) is 6.78. The van der Waals surface area contributed by atoms with E-state index in [0.717, 1.165) is 16.9 Å². The number of phenols is 1. The highest BCUT2D eigenvalue weighted by atomic mass is 16.5. The fourth-order valence-electron chi connectivity index (χ4n) is 2.11. The first kappa shape index (κ1) is 13.9. The molecule has 5 heteroatoms. The summed E-state index contributed by atoms with van der Waals surface area (Å²) in [6.07, 6.45) is 3.49. The fourth-order valence-corrected chi connectivity index (χ4v) is 2.11. The first-order valence-electron chi connectivity index (χ1n) is 6.78. The Morgan fingerprint density at radius 1 is 1.18 bits per heavy atom.